The highest BCUT2D eigenvalue weighted by Crippen LogP contribution is 2.18. The van der Waals surface area contributed by atoms with Gasteiger partial charge in [-0.25, -0.2) is 0 Å². The molecule has 4 nitrogen and oxygen atoms in total. The molecule has 2 atom stereocenters. The fraction of sp³-hybridized carbons (Fsp3) is 0.981. The lowest BCUT2D eigenvalue weighted by molar-refractivity contribution is -0.123. The van der Waals surface area contributed by atoms with Crippen LogP contribution in [-0.2, 0) is 4.79 Å². The van der Waals surface area contributed by atoms with E-state index < -0.39 is 12.1 Å². The van der Waals surface area contributed by atoms with Gasteiger partial charge in [-0.05, 0) is 12.8 Å². The Morgan fingerprint density at radius 1 is 0.345 bits per heavy atom. The molecule has 1 amide bonds. The molecule has 0 rings (SSSR count). The van der Waals surface area contributed by atoms with Gasteiger partial charge in [-0.2, -0.15) is 0 Å². The van der Waals surface area contributed by atoms with Crippen LogP contribution in [0.5, 0.6) is 0 Å². The van der Waals surface area contributed by atoms with Crippen LogP contribution in [0.2, 0.25) is 0 Å². The highest BCUT2D eigenvalue weighted by atomic mass is 16.3. The van der Waals surface area contributed by atoms with E-state index in [1.165, 1.54) is 270 Å². The molecule has 0 aromatic rings. The van der Waals surface area contributed by atoms with Crippen LogP contribution >= 0.6 is 0 Å². The van der Waals surface area contributed by atoms with E-state index in [-0.39, 0.29) is 12.5 Å². The highest BCUT2D eigenvalue weighted by molar-refractivity contribution is 5.76. The van der Waals surface area contributed by atoms with E-state index in [2.05, 4.69) is 19.2 Å². The molecule has 0 saturated heterocycles. The lowest BCUT2D eigenvalue weighted by Crippen LogP contribution is -2.45. The number of hydrogen-bond donors (Lipinski definition) is 3. The fourth-order valence-electron chi connectivity index (χ4n) is 8.95. The average Bonchev–Trinajstić information content (AvgIpc) is 3.23. The van der Waals surface area contributed by atoms with Crippen molar-refractivity contribution in [2.45, 2.75) is 334 Å². The SMILES string of the molecule is CCCCCCCCCCCCCCCCCCCCCCCCCCCCCCCCCCC(O)C(CO)NC(=O)CCCCCCCCCCCCCCCC. The van der Waals surface area contributed by atoms with Gasteiger partial charge in [0, 0.05) is 6.42 Å². The van der Waals surface area contributed by atoms with E-state index >= 15 is 0 Å². The third-order valence-corrected chi connectivity index (χ3v) is 13.1. The standard InChI is InChI=1S/C54H109NO3/c1-3-5-7-9-11-13-15-17-19-20-21-22-23-24-25-26-27-28-29-30-31-32-33-34-35-36-37-39-41-43-45-47-49-53(57)52(51-56)55-54(58)50-48-46-44-42-40-38-18-16-14-12-10-8-6-4-2/h52-53,56-57H,3-51H2,1-2H3,(H,55,58). The first-order valence-corrected chi connectivity index (χ1v) is 27.2. The predicted molar refractivity (Wildman–Crippen MR) is 258 cm³/mol. The third-order valence-electron chi connectivity index (χ3n) is 13.1. The lowest BCUT2D eigenvalue weighted by atomic mass is 10.0. The number of rotatable bonds is 51. The largest absolute Gasteiger partial charge is 0.394 e. The Morgan fingerprint density at radius 3 is 0.776 bits per heavy atom. The second kappa shape index (κ2) is 50.7. The maximum atomic E-state index is 12.4. The molecule has 0 heterocycles. The Labute approximate surface area is 365 Å². The molecular weight excluding hydrogens is 711 g/mol. The Balaban J connectivity index is 3.36. The summed E-state index contributed by atoms with van der Waals surface area (Å²) in [7, 11) is 0. The Morgan fingerprint density at radius 2 is 0.552 bits per heavy atom. The van der Waals surface area contributed by atoms with Crippen molar-refractivity contribution in [1.82, 2.24) is 5.32 Å². The van der Waals surface area contributed by atoms with E-state index in [1.54, 1.807) is 0 Å². The van der Waals surface area contributed by atoms with Crippen molar-refractivity contribution in [3.63, 3.8) is 0 Å². The number of carbonyl (C=O) groups excluding carboxylic acids is 1. The van der Waals surface area contributed by atoms with Gasteiger partial charge in [0.1, 0.15) is 0 Å². The smallest absolute Gasteiger partial charge is 0.220 e. The van der Waals surface area contributed by atoms with Crippen LogP contribution in [0.1, 0.15) is 322 Å². The number of unbranched alkanes of at least 4 members (excludes halogenated alkanes) is 44. The van der Waals surface area contributed by atoms with Gasteiger partial charge in [-0.15, -0.1) is 0 Å². The minimum Gasteiger partial charge on any atom is -0.394 e. The molecule has 0 radical (unpaired) electrons. The van der Waals surface area contributed by atoms with Gasteiger partial charge in [-0.1, -0.05) is 303 Å². The van der Waals surface area contributed by atoms with Crippen LogP contribution in [0.3, 0.4) is 0 Å². The zero-order valence-electron chi connectivity index (χ0n) is 40.1. The lowest BCUT2D eigenvalue weighted by Gasteiger charge is -2.22. The van der Waals surface area contributed by atoms with Crippen LogP contribution in [0.25, 0.3) is 0 Å². The molecule has 0 saturated carbocycles. The van der Waals surface area contributed by atoms with E-state index in [1.807, 2.05) is 0 Å². The molecule has 0 aromatic heterocycles. The molecule has 348 valence electrons. The molecule has 0 bridgehead atoms. The molecule has 0 aliphatic rings. The molecule has 2 unspecified atom stereocenters. The monoisotopic (exact) mass is 820 g/mol. The van der Waals surface area contributed by atoms with Crippen molar-refractivity contribution in [3.05, 3.63) is 0 Å². The van der Waals surface area contributed by atoms with Gasteiger partial charge < -0.3 is 15.5 Å². The van der Waals surface area contributed by atoms with Crippen molar-refractivity contribution in [3.8, 4) is 0 Å². The first kappa shape index (κ1) is 57.4. The molecule has 0 fully saturated rings. The van der Waals surface area contributed by atoms with E-state index in [4.69, 9.17) is 0 Å². The molecule has 4 heteroatoms. The van der Waals surface area contributed by atoms with Crippen LogP contribution in [0.15, 0.2) is 0 Å². The highest BCUT2D eigenvalue weighted by Gasteiger charge is 2.20. The number of nitrogens with one attached hydrogen (secondary N) is 1. The molecule has 0 aliphatic heterocycles. The Kier molecular flexibility index (Phi) is 50.2. The zero-order chi connectivity index (χ0) is 42.1. The van der Waals surface area contributed by atoms with Crippen LogP contribution in [-0.4, -0.2) is 34.9 Å². The van der Waals surface area contributed by atoms with Gasteiger partial charge in [-0.3, -0.25) is 4.79 Å². The summed E-state index contributed by atoms with van der Waals surface area (Å²) in [4.78, 5) is 12.4. The molecule has 58 heavy (non-hydrogen) atoms. The third kappa shape index (κ3) is 46.5. The number of aliphatic hydroxyl groups excluding tert-OH is 2. The average molecular weight is 820 g/mol. The van der Waals surface area contributed by atoms with Crippen LogP contribution in [0, 0.1) is 0 Å². The van der Waals surface area contributed by atoms with Crippen molar-refractivity contribution in [2.24, 2.45) is 0 Å². The molecule has 0 aliphatic carbocycles. The van der Waals surface area contributed by atoms with Gasteiger partial charge in [0.15, 0.2) is 0 Å². The normalized spacial score (nSPS) is 12.7. The fourth-order valence-corrected chi connectivity index (χ4v) is 8.95. The summed E-state index contributed by atoms with van der Waals surface area (Å²) in [6.07, 6.45) is 63.8. The van der Waals surface area contributed by atoms with E-state index in [9.17, 15) is 15.0 Å². The summed E-state index contributed by atoms with van der Waals surface area (Å²) in [6, 6.07) is -0.530. The minimum atomic E-state index is -0.654. The van der Waals surface area contributed by atoms with Crippen molar-refractivity contribution < 1.29 is 15.0 Å². The predicted octanol–water partition coefficient (Wildman–Crippen LogP) is 17.6. The summed E-state index contributed by atoms with van der Waals surface area (Å²) >= 11 is 0. The molecule has 3 N–H and O–H groups in total. The van der Waals surface area contributed by atoms with E-state index in [0.29, 0.717) is 12.8 Å². The maximum Gasteiger partial charge on any atom is 0.220 e. The molecular formula is C54H109NO3. The molecule has 0 aromatic carbocycles. The summed E-state index contributed by atoms with van der Waals surface area (Å²) in [5.41, 5.74) is 0. The maximum absolute atomic E-state index is 12.4. The number of carbonyl (C=O) groups is 1. The van der Waals surface area contributed by atoms with Gasteiger partial charge in [0.25, 0.3) is 0 Å². The second-order valence-corrected chi connectivity index (χ2v) is 19.0. The summed E-state index contributed by atoms with van der Waals surface area (Å²) < 4.78 is 0. The minimum absolute atomic E-state index is 0.0249. The number of aliphatic hydroxyl groups is 2. The quantitative estimate of drug-likeness (QED) is 0.0536. The number of hydrogen-bond acceptors (Lipinski definition) is 3. The topological polar surface area (TPSA) is 69.6 Å². The van der Waals surface area contributed by atoms with Crippen molar-refractivity contribution in [1.29, 1.82) is 0 Å². The van der Waals surface area contributed by atoms with Crippen LogP contribution in [0.4, 0.5) is 0 Å². The summed E-state index contributed by atoms with van der Waals surface area (Å²) in [6.45, 7) is 4.39. The first-order valence-electron chi connectivity index (χ1n) is 27.2. The van der Waals surface area contributed by atoms with Crippen molar-refractivity contribution in [2.75, 3.05) is 6.61 Å². The zero-order valence-corrected chi connectivity index (χ0v) is 40.1. The second-order valence-electron chi connectivity index (χ2n) is 19.0. The summed E-state index contributed by atoms with van der Waals surface area (Å²) in [5, 5.41) is 23.3. The van der Waals surface area contributed by atoms with E-state index in [0.717, 1.165) is 25.7 Å². The van der Waals surface area contributed by atoms with Gasteiger partial charge >= 0.3 is 0 Å². The molecule has 0 spiro atoms. The summed E-state index contributed by atoms with van der Waals surface area (Å²) in [5.74, 6) is -0.0249. The Bertz CT molecular complexity index is 759. The van der Waals surface area contributed by atoms with Crippen LogP contribution < -0.4 is 5.32 Å². The Hall–Kier alpha value is -0.610. The van der Waals surface area contributed by atoms with Gasteiger partial charge in [0.05, 0.1) is 18.8 Å². The number of amides is 1. The van der Waals surface area contributed by atoms with Crippen molar-refractivity contribution >= 4 is 5.91 Å². The van der Waals surface area contributed by atoms with Gasteiger partial charge in [0.2, 0.25) is 5.91 Å². The first-order chi connectivity index (χ1) is 28.7.